The van der Waals surface area contributed by atoms with E-state index in [1.54, 1.807) is 30.3 Å². The molecule has 0 atom stereocenters. The minimum Gasteiger partial charge on any atom is -0.354 e. The van der Waals surface area contributed by atoms with Crippen LogP contribution in [0.5, 0.6) is 0 Å². The largest absolute Gasteiger partial charge is 0.354 e. The van der Waals surface area contributed by atoms with Crippen LogP contribution in [0.2, 0.25) is 0 Å². The van der Waals surface area contributed by atoms with Crippen LogP contribution >= 0.6 is 0 Å². The molecule has 0 spiro atoms. The number of carbonyl (C=O) groups is 1. The first kappa shape index (κ1) is 18.5. The molecule has 0 aliphatic rings. The Morgan fingerprint density at radius 2 is 1.56 bits per heavy atom. The number of Topliss-reactive ketones (excluding diaryl/α,β-unsaturated/α-hetero) is 1. The minimum atomic E-state index is -3.85. The fourth-order valence-corrected chi connectivity index (χ4v) is 3.30. The quantitative estimate of drug-likeness (QED) is 0.627. The SMILES string of the molecule is CC(=O)c1ccc(Nc2ccc(NS(=O)(=O)c3ccc(F)cc3)nc2)cc1. The van der Waals surface area contributed by atoms with Gasteiger partial charge in [0.15, 0.2) is 5.78 Å². The second kappa shape index (κ2) is 7.55. The van der Waals surface area contributed by atoms with Crippen molar-refractivity contribution in [1.82, 2.24) is 4.98 Å². The van der Waals surface area contributed by atoms with Crippen molar-refractivity contribution in [2.24, 2.45) is 0 Å². The van der Waals surface area contributed by atoms with Gasteiger partial charge < -0.3 is 5.32 Å². The first-order valence-electron chi connectivity index (χ1n) is 7.96. The maximum Gasteiger partial charge on any atom is 0.263 e. The Hall–Kier alpha value is -3.26. The van der Waals surface area contributed by atoms with Gasteiger partial charge in [0.05, 0.1) is 16.8 Å². The van der Waals surface area contributed by atoms with Crippen molar-refractivity contribution < 1.29 is 17.6 Å². The number of aromatic nitrogens is 1. The van der Waals surface area contributed by atoms with Gasteiger partial charge in [-0.25, -0.2) is 17.8 Å². The highest BCUT2D eigenvalue weighted by atomic mass is 32.2. The predicted molar refractivity (Wildman–Crippen MR) is 101 cm³/mol. The summed E-state index contributed by atoms with van der Waals surface area (Å²) in [6, 6.07) is 14.6. The van der Waals surface area contributed by atoms with Gasteiger partial charge in [-0.15, -0.1) is 0 Å². The fourth-order valence-electron chi connectivity index (χ4n) is 2.29. The molecular weight excluding hydrogens is 369 g/mol. The number of anilines is 3. The zero-order valence-electron chi connectivity index (χ0n) is 14.3. The normalized spacial score (nSPS) is 11.0. The lowest BCUT2D eigenvalue weighted by atomic mass is 10.1. The lowest BCUT2D eigenvalue weighted by Crippen LogP contribution is -2.13. The van der Waals surface area contributed by atoms with E-state index in [0.29, 0.717) is 11.3 Å². The van der Waals surface area contributed by atoms with E-state index >= 15 is 0 Å². The Labute approximate surface area is 156 Å². The van der Waals surface area contributed by atoms with Crippen LogP contribution in [0.4, 0.5) is 21.6 Å². The summed E-state index contributed by atoms with van der Waals surface area (Å²) in [4.78, 5) is 15.3. The summed E-state index contributed by atoms with van der Waals surface area (Å²) >= 11 is 0. The summed E-state index contributed by atoms with van der Waals surface area (Å²) in [5, 5.41) is 3.11. The van der Waals surface area contributed by atoms with E-state index in [0.717, 1.165) is 17.8 Å². The van der Waals surface area contributed by atoms with Crippen molar-refractivity contribution in [3.05, 3.63) is 78.2 Å². The molecule has 0 saturated heterocycles. The molecule has 1 heterocycles. The second-order valence-corrected chi connectivity index (χ2v) is 7.43. The van der Waals surface area contributed by atoms with Gasteiger partial charge in [0.2, 0.25) is 0 Å². The van der Waals surface area contributed by atoms with Crippen LogP contribution < -0.4 is 10.0 Å². The van der Waals surface area contributed by atoms with Crippen molar-refractivity contribution in [3.63, 3.8) is 0 Å². The molecule has 8 heteroatoms. The number of ketones is 1. The molecule has 2 N–H and O–H groups in total. The highest BCUT2D eigenvalue weighted by Gasteiger charge is 2.14. The highest BCUT2D eigenvalue weighted by Crippen LogP contribution is 2.19. The molecular formula is C19H16FN3O3S. The summed E-state index contributed by atoms with van der Waals surface area (Å²) in [6.45, 7) is 1.50. The van der Waals surface area contributed by atoms with E-state index in [9.17, 15) is 17.6 Å². The molecule has 0 aliphatic heterocycles. The van der Waals surface area contributed by atoms with Crippen LogP contribution in [0.3, 0.4) is 0 Å². The molecule has 0 amide bonds. The van der Waals surface area contributed by atoms with Crippen molar-refractivity contribution in [1.29, 1.82) is 0 Å². The molecule has 0 fully saturated rings. The monoisotopic (exact) mass is 385 g/mol. The Bertz CT molecular complexity index is 1050. The zero-order valence-corrected chi connectivity index (χ0v) is 15.1. The number of halogens is 1. The summed E-state index contributed by atoms with van der Waals surface area (Å²) in [5.74, 6) is -0.392. The molecule has 0 bridgehead atoms. The third-order valence-corrected chi connectivity index (χ3v) is 5.08. The number of hydrogen-bond acceptors (Lipinski definition) is 5. The van der Waals surface area contributed by atoms with Crippen LogP contribution in [0.1, 0.15) is 17.3 Å². The van der Waals surface area contributed by atoms with Gasteiger partial charge >= 0.3 is 0 Å². The standard InChI is InChI=1S/C19H16FN3O3S/c1-13(24)14-2-6-16(7-3-14)22-17-8-11-19(21-12-17)23-27(25,26)18-9-4-15(20)5-10-18/h2-12,22H,1H3,(H,21,23). The van der Waals surface area contributed by atoms with Crippen LogP contribution in [0.15, 0.2) is 71.8 Å². The smallest absolute Gasteiger partial charge is 0.263 e. The van der Waals surface area contributed by atoms with Gasteiger partial charge in [-0.05, 0) is 67.6 Å². The Morgan fingerprint density at radius 3 is 2.11 bits per heavy atom. The number of benzene rings is 2. The third-order valence-electron chi connectivity index (χ3n) is 3.71. The maximum absolute atomic E-state index is 12.9. The van der Waals surface area contributed by atoms with E-state index < -0.39 is 15.8 Å². The molecule has 138 valence electrons. The molecule has 0 saturated carbocycles. The average Bonchev–Trinajstić information content (AvgIpc) is 2.64. The van der Waals surface area contributed by atoms with Gasteiger partial charge in [-0.3, -0.25) is 9.52 Å². The zero-order chi connectivity index (χ0) is 19.4. The van der Waals surface area contributed by atoms with E-state index in [4.69, 9.17) is 0 Å². The van der Waals surface area contributed by atoms with E-state index in [1.165, 1.54) is 31.3 Å². The first-order valence-corrected chi connectivity index (χ1v) is 9.44. The lowest BCUT2D eigenvalue weighted by molar-refractivity contribution is 0.101. The lowest BCUT2D eigenvalue weighted by Gasteiger charge is -2.09. The molecule has 1 aromatic heterocycles. The molecule has 6 nitrogen and oxygen atoms in total. The number of pyridine rings is 1. The van der Waals surface area contributed by atoms with Gasteiger partial charge in [-0.2, -0.15) is 0 Å². The Morgan fingerprint density at radius 1 is 0.926 bits per heavy atom. The summed E-state index contributed by atoms with van der Waals surface area (Å²) in [6.07, 6.45) is 1.47. The highest BCUT2D eigenvalue weighted by molar-refractivity contribution is 7.92. The predicted octanol–water partition coefficient (Wildman–Crippen LogP) is 3.97. The van der Waals surface area contributed by atoms with Gasteiger partial charge in [-0.1, -0.05) is 0 Å². The minimum absolute atomic E-state index is 0.0130. The summed E-state index contributed by atoms with van der Waals surface area (Å²) < 4.78 is 39.8. The summed E-state index contributed by atoms with van der Waals surface area (Å²) in [7, 11) is -3.85. The number of hydrogen-bond donors (Lipinski definition) is 2. The average molecular weight is 385 g/mol. The van der Waals surface area contributed by atoms with Crippen molar-refractivity contribution >= 4 is 33.0 Å². The second-order valence-electron chi connectivity index (χ2n) is 5.75. The molecule has 0 unspecified atom stereocenters. The molecule has 0 aliphatic carbocycles. The molecule has 27 heavy (non-hydrogen) atoms. The molecule has 2 aromatic carbocycles. The van der Waals surface area contributed by atoms with E-state index in [-0.39, 0.29) is 16.5 Å². The van der Waals surface area contributed by atoms with Crippen LogP contribution in [0.25, 0.3) is 0 Å². The van der Waals surface area contributed by atoms with Gasteiger partial charge in [0.1, 0.15) is 11.6 Å². The number of carbonyl (C=O) groups excluding carboxylic acids is 1. The summed E-state index contributed by atoms with van der Waals surface area (Å²) in [5.41, 5.74) is 2.03. The van der Waals surface area contributed by atoms with Crippen molar-refractivity contribution in [3.8, 4) is 0 Å². The number of rotatable bonds is 6. The maximum atomic E-state index is 12.9. The molecule has 3 aromatic rings. The van der Waals surface area contributed by atoms with Gasteiger partial charge in [0, 0.05) is 11.3 Å². The number of nitrogens with zero attached hydrogens (tertiary/aromatic N) is 1. The third kappa shape index (κ3) is 4.68. The fraction of sp³-hybridized carbons (Fsp3) is 0.0526. The van der Waals surface area contributed by atoms with Crippen molar-refractivity contribution in [2.75, 3.05) is 10.0 Å². The molecule has 3 rings (SSSR count). The van der Waals surface area contributed by atoms with Crippen LogP contribution in [-0.2, 0) is 10.0 Å². The van der Waals surface area contributed by atoms with E-state index in [2.05, 4.69) is 15.0 Å². The van der Waals surface area contributed by atoms with Crippen LogP contribution in [-0.4, -0.2) is 19.2 Å². The number of sulfonamides is 1. The Kier molecular flexibility index (Phi) is 5.18. The van der Waals surface area contributed by atoms with Crippen LogP contribution in [0, 0.1) is 5.82 Å². The number of nitrogens with one attached hydrogen (secondary N) is 2. The van der Waals surface area contributed by atoms with Crippen molar-refractivity contribution in [2.45, 2.75) is 11.8 Å². The van der Waals surface area contributed by atoms with Gasteiger partial charge in [0.25, 0.3) is 10.0 Å². The Balaban J connectivity index is 1.69. The van der Waals surface area contributed by atoms with E-state index in [1.807, 2.05) is 0 Å². The first-order chi connectivity index (χ1) is 12.8. The topological polar surface area (TPSA) is 88.2 Å². The molecule has 0 radical (unpaired) electrons.